The van der Waals surface area contributed by atoms with Gasteiger partial charge in [0.2, 0.25) is 11.9 Å². The van der Waals surface area contributed by atoms with E-state index in [1.165, 1.54) is 0 Å². The molecule has 25 heavy (non-hydrogen) atoms. The van der Waals surface area contributed by atoms with Gasteiger partial charge < -0.3 is 16.0 Å². The number of aromatic nitrogens is 2. The molecule has 0 bridgehead atoms. The zero-order chi connectivity index (χ0) is 16.8. The molecule has 1 aliphatic rings. The Morgan fingerprint density at radius 3 is 2.44 bits per heavy atom. The van der Waals surface area contributed by atoms with Crippen LogP contribution in [0.25, 0.3) is 0 Å². The number of nitrogens with zero attached hydrogens (tertiary/aromatic N) is 3. The van der Waals surface area contributed by atoms with E-state index in [0.29, 0.717) is 6.42 Å². The lowest BCUT2D eigenvalue weighted by Crippen LogP contribution is -2.50. The third-order valence-electron chi connectivity index (χ3n) is 4.31. The highest BCUT2D eigenvalue weighted by Crippen LogP contribution is 2.15. The van der Waals surface area contributed by atoms with Crippen LogP contribution in [-0.4, -0.2) is 41.0 Å². The largest absolute Gasteiger partial charge is 0.352 e. The van der Waals surface area contributed by atoms with Crippen molar-refractivity contribution in [1.29, 1.82) is 0 Å². The summed E-state index contributed by atoms with van der Waals surface area (Å²) >= 11 is 0. The third-order valence-corrected chi connectivity index (χ3v) is 4.31. The number of anilines is 1. The highest BCUT2D eigenvalue weighted by atomic mass is 35.5. The van der Waals surface area contributed by atoms with Crippen LogP contribution in [0.15, 0.2) is 48.8 Å². The lowest BCUT2D eigenvalue weighted by Gasteiger charge is -2.32. The van der Waals surface area contributed by atoms with Crippen LogP contribution in [0.4, 0.5) is 5.95 Å². The highest BCUT2D eigenvalue weighted by Gasteiger charge is 2.24. The molecule has 1 unspecified atom stereocenters. The van der Waals surface area contributed by atoms with Crippen LogP contribution in [0.1, 0.15) is 18.4 Å². The smallest absolute Gasteiger partial charge is 0.237 e. The molecule has 0 aliphatic carbocycles. The van der Waals surface area contributed by atoms with Gasteiger partial charge in [-0.05, 0) is 30.9 Å². The van der Waals surface area contributed by atoms with Crippen molar-refractivity contribution in [1.82, 2.24) is 15.3 Å². The minimum atomic E-state index is -0.511. The summed E-state index contributed by atoms with van der Waals surface area (Å²) in [5.74, 6) is 0.677. The lowest BCUT2D eigenvalue weighted by molar-refractivity contribution is -0.123. The van der Waals surface area contributed by atoms with Crippen molar-refractivity contribution in [2.45, 2.75) is 31.3 Å². The summed E-state index contributed by atoms with van der Waals surface area (Å²) in [6.45, 7) is 1.67. The first-order chi connectivity index (χ1) is 11.7. The maximum atomic E-state index is 12.3. The van der Waals surface area contributed by atoms with Gasteiger partial charge in [0.25, 0.3) is 0 Å². The van der Waals surface area contributed by atoms with Gasteiger partial charge in [0.15, 0.2) is 0 Å². The topological polar surface area (TPSA) is 84.1 Å². The zero-order valence-electron chi connectivity index (χ0n) is 14.0. The van der Waals surface area contributed by atoms with Gasteiger partial charge in [-0.25, -0.2) is 9.97 Å². The first kappa shape index (κ1) is 19.1. The summed E-state index contributed by atoms with van der Waals surface area (Å²) < 4.78 is 0. The van der Waals surface area contributed by atoms with Crippen LogP contribution in [0.5, 0.6) is 0 Å². The van der Waals surface area contributed by atoms with Gasteiger partial charge in [-0.3, -0.25) is 4.79 Å². The molecular weight excluding hydrogens is 338 g/mol. The van der Waals surface area contributed by atoms with Gasteiger partial charge >= 0.3 is 0 Å². The van der Waals surface area contributed by atoms with Crippen molar-refractivity contribution in [2.24, 2.45) is 5.73 Å². The second-order valence-electron chi connectivity index (χ2n) is 6.11. The number of nitrogens with two attached hydrogens (primary N) is 1. The van der Waals surface area contributed by atoms with Gasteiger partial charge in [-0.15, -0.1) is 12.4 Å². The molecule has 0 spiro atoms. The van der Waals surface area contributed by atoms with Gasteiger partial charge in [0.05, 0.1) is 6.04 Å². The second-order valence-corrected chi connectivity index (χ2v) is 6.11. The van der Waals surface area contributed by atoms with Crippen molar-refractivity contribution in [2.75, 3.05) is 18.0 Å². The molecule has 1 atom stereocenters. The Kier molecular flexibility index (Phi) is 7.16. The number of amides is 1. The summed E-state index contributed by atoms with van der Waals surface area (Å²) in [6.07, 6.45) is 5.81. The average Bonchev–Trinajstić information content (AvgIpc) is 2.64. The maximum absolute atomic E-state index is 12.3. The molecule has 1 fully saturated rings. The standard InChI is InChI=1S/C18H23N5O.ClH/c19-16(13-14-5-2-1-3-6-14)17(24)22-15-7-11-23(12-8-15)18-20-9-4-10-21-18;/h1-6,9-10,15-16H,7-8,11-13,19H2,(H,22,24);1H. The Hall–Kier alpha value is -2.18. The number of halogens is 1. The van der Waals surface area contributed by atoms with Crippen LogP contribution >= 0.6 is 12.4 Å². The molecule has 2 heterocycles. The van der Waals surface area contributed by atoms with Crippen LogP contribution in [0, 0.1) is 0 Å². The Labute approximate surface area is 154 Å². The Bertz CT molecular complexity index is 647. The van der Waals surface area contributed by atoms with E-state index in [9.17, 15) is 4.79 Å². The molecule has 7 heteroatoms. The molecule has 6 nitrogen and oxygen atoms in total. The molecule has 0 radical (unpaired) electrons. The van der Waals surface area contributed by atoms with Crippen molar-refractivity contribution in [3.8, 4) is 0 Å². The quantitative estimate of drug-likeness (QED) is 0.844. The highest BCUT2D eigenvalue weighted by molar-refractivity contribution is 5.85. The Morgan fingerprint density at radius 1 is 1.16 bits per heavy atom. The van der Waals surface area contributed by atoms with E-state index in [4.69, 9.17) is 5.73 Å². The van der Waals surface area contributed by atoms with E-state index in [0.717, 1.165) is 37.4 Å². The van der Waals surface area contributed by atoms with Crippen LogP contribution in [0.2, 0.25) is 0 Å². The average molecular weight is 362 g/mol. The summed E-state index contributed by atoms with van der Waals surface area (Å²) in [5, 5.41) is 3.08. The van der Waals surface area contributed by atoms with Gasteiger partial charge in [-0.2, -0.15) is 0 Å². The van der Waals surface area contributed by atoms with Gasteiger partial charge in [0, 0.05) is 31.5 Å². The molecule has 0 saturated carbocycles. The van der Waals surface area contributed by atoms with E-state index in [2.05, 4.69) is 20.2 Å². The van der Waals surface area contributed by atoms with Crippen molar-refractivity contribution in [3.05, 3.63) is 54.4 Å². The molecule has 2 aromatic rings. The molecule has 1 saturated heterocycles. The van der Waals surface area contributed by atoms with Crippen LogP contribution in [0.3, 0.4) is 0 Å². The summed E-state index contributed by atoms with van der Waals surface area (Å²) in [4.78, 5) is 23.0. The number of piperidine rings is 1. The monoisotopic (exact) mass is 361 g/mol. The van der Waals surface area contributed by atoms with E-state index in [1.54, 1.807) is 12.4 Å². The van der Waals surface area contributed by atoms with E-state index >= 15 is 0 Å². The summed E-state index contributed by atoms with van der Waals surface area (Å²) in [5.41, 5.74) is 7.12. The fraction of sp³-hybridized carbons (Fsp3) is 0.389. The van der Waals surface area contributed by atoms with Crippen LogP contribution < -0.4 is 16.0 Å². The molecular formula is C18H24ClN5O. The molecule has 3 rings (SSSR count). The normalized spacial score (nSPS) is 16.0. The fourth-order valence-corrected chi connectivity index (χ4v) is 2.95. The number of benzene rings is 1. The van der Waals surface area contributed by atoms with Gasteiger partial charge in [-0.1, -0.05) is 30.3 Å². The number of nitrogens with one attached hydrogen (secondary N) is 1. The molecule has 134 valence electrons. The number of hydrogen-bond donors (Lipinski definition) is 2. The third kappa shape index (κ3) is 5.41. The molecule has 3 N–H and O–H groups in total. The summed E-state index contributed by atoms with van der Waals surface area (Å²) in [7, 11) is 0. The number of rotatable bonds is 5. The lowest BCUT2D eigenvalue weighted by atomic mass is 10.0. The van der Waals surface area contributed by atoms with Crippen molar-refractivity contribution >= 4 is 24.3 Å². The predicted molar refractivity (Wildman–Crippen MR) is 101 cm³/mol. The first-order valence-electron chi connectivity index (χ1n) is 8.34. The Balaban J connectivity index is 0.00000225. The van der Waals surface area contributed by atoms with Gasteiger partial charge in [0.1, 0.15) is 0 Å². The second kappa shape index (κ2) is 9.34. The SMILES string of the molecule is Cl.NC(Cc1ccccc1)C(=O)NC1CCN(c2ncccn2)CC1. The predicted octanol–water partition coefficient (Wildman–Crippen LogP) is 1.55. The number of carbonyl (C=O) groups excluding carboxylic acids is 1. The minimum absolute atomic E-state index is 0. The van der Waals surface area contributed by atoms with Crippen LogP contribution in [-0.2, 0) is 11.2 Å². The molecule has 1 amide bonds. The minimum Gasteiger partial charge on any atom is -0.352 e. The maximum Gasteiger partial charge on any atom is 0.237 e. The molecule has 1 aromatic heterocycles. The van der Waals surface area contributed by atoms with Crippen molar-refractivity contribution in [3.63, 3.8) is 0 Å². The fourth-order valence-electron chi connectivity index (χ4n) is 2.95. The number of hydrogen-bond acceptors (Lipinski definition) is 5. The molecule has 1 aliphatic heterocycles. The van der Waals surface area contributed by atoms with E-state index in [-0.39, 0.29) is 24.4 Å². The first-order valence-corrected chi connectivity index (χ1v) is 8.34. The van der Waals surface area contributed by atoms with E-state index in [1.807, 2.05) is 36.4 Å². The van der Waals surface area contributed by atoms with Crippen molar-refractivity contribution < 1.29 is 4.79 Å². The van der Waals surface area contributed by atoms with E-state index < -0.39 is 6.04 Å². The molecule has 1 aromatic carbocycles. The zero-order valence-corrected chi connectivity index (χ0v) is 14.9. The Morgan fingerprint density at radius 2 is 1.80 bits per heavy atom. The number of carbonyl (C=O) groups is 1. The summed E-state index contributed by atoms with van der Waals surface area (Å²) in [6, 6.07) is 11.3.